The molecule has 0 spiro atoms. The Morgan fingerprint density at radius 2 is 1.84 bits per heavy atom. The Balaban J connectivity index is 1.09. The zero-order chi connectivity index (χ0) is 21.4. The number of carbonyl (C=O) groups is 1. The summed E-state index contributed by atoms with van der Waals surface area (Å²) in [5.74, 6) is 0.0874. The van der Waals surface area contributed by atoms with Crippen LogP contribution in [0.25, 0.3) is 10.2 Å². The molecule has 2 fully saturated rings. The molecule has 1 aromatic carbocycles. The average molecular weight is 445 g/mol. The van der Waals surface area contributed by atoms with Gasteiger partial charge < -0.3 is 15.0 Å². The van der Waals surface area contributed by atoms with Gasteiger partial charge in [-0.25, -0.2) is 23.7 Å². The number of aromatic nitrogens is 3. The van der Waals surface area contributed by atoms with E-state index in [1.165, 1.54) is 23.5 Å². The highest BCUT2D eigenvalue weighted by Crippen LogP contribution is 2.35. The third kappa shape index (κ3) is 4.30. The predicted octanol–water partition coefficient (Wildman–Crippen LogP) is 3.31. The van der Waals surface area contributed by atoms with Crippen molar-refractivity contribution < 1.29 is 18.3 Å². The number of nitrogens with one attached hydrogen (secondary N) is 1. The van der Waals surface area contributed by atoms with Crippen LogP contribution >= 0.6 is 11.3 Å². The number of piperidine rings is 1. The molecule has 1 N–H and O–H groups in total. The van der Waals surface area contributed by atoms with Gasteiger partial charge in [-0.1, -0.05) is 0 Å². The first-order valence-electron chi connectivity index (χ1n) is 10.3. The summed E-state index contributed by atoms with van der Waals surface area (Å²) in [5.41, 5.74) is 2.33. The van der Waals surface area contributed by atoms with Gasteiger partial charge in [-0.05, 0) is 31.7 Å². The molecule has 10 heteroatoms. The maximum Gasteiger partial charge on any atom is 0.225 e. The number of carbonyl (C=O) groups excluding carboxylic acids is 1. The lowest BCUT2D eigenvalue weighted by Crippen LogP contribution is -2.50. The Hall–Kier alpha value is -2.88. The molecular formula is C21H21F2N5O2S. The first-order valence-corrected chi connectivity index (χ1v) is 11.2. The zero-order valence-corrected chi connectivity index (χ0v) is 17.4. The molecule has 162 valence electrons. The minimum atomic E-state index is -0.456. The van der Waals surface area contributed by atoms with Crippen LogP contribution in [0.1, 0.15) is 25.7 Å². The van der Waals surface area contributed by atoms with E-state index in [-0.39, 0.29) is 29.8 Å². The summed E-state index contributed by atoms with van der Waals surface area (Å²) in [6.07, 6.45) is 4.99. The third-order valence-electron chi connectivity index (χ3n) is 5.86. The van der Waals surface area contributed by atoms with Gasteiger partial charge in [-0.2, -0.15) is 0 Å². The first-order chi connectivity index (χ1) is 15.0. The fraction of sp³-hybridized carbons (Fsp3) is 0.429. The number of amides is 1. The molecule has 1 saturated heterocycles. The van der Waals surface area contributed by atoms with E-state index >= 15 is 0 Å². The maximum absolute atomic E-state index is 13.8. The molecule has 0 unspecified atom stereocenters. The van der Waals surface area contributed by atoms with E-state index in [4.69, 9.17) is 4.74 Å². The van der Waals surface area contributed by atoms with Crippen molar-refractivity contribution in [2.45, 2.75) is 37.8 Å². The zero-order valence-electron chi connectivity index (χ0n) is 16.6. The largest absolute Gasteiger partial charge is 0.488 e. The molecule has 2 aliphatic rings. The van der Waals surface area contributed by atoms with Crippen molar-refractivity contribution in [3.05, 3.63) is 41.7 Å². The summed E-state index contributed by atoms with van der Waals surface area (Å²) < 4.78 is 33.4. The molecule has 7 nitrogen and oxygen atoms in total. The summed E-state index contributed by atoms with van der Waals surface area (Å²) in [7, 11) is 0. The van der Waals surface area contributed by atoms with Crippen molar-refractivity contribution in [3.8, 4) is 5.75 Å². The molecule has 1 aliphatic carbocycles. The molecule has 31 heavy (non-hydrogen) atoms. The minimum Gasteiger partial charge on any atom is -0.488 e. The monoisotopic (exact) mass is 445 g/mol. The number of thiazole rings is 1. The molecule has 1 aliphatic heterocycles. The third-order valence-corrected chi connectivity index (χ3v) is 6.63. The smallest absolute Gasteiger partial charge is 0.225 e. The molecule has 1 amide bonds. The van der Waals surface area contributed by atoms with Gasteiger partial charge in [-0.15, -0.1) is 11.3 Å². The summed E-state index contributed by atoms with van der Waals surface area (Å²) in [4.78, 5) is 26.9. The lowest BCUT2D eigenvalue weighted by Gasteiger charge is -2.37. The van der Waals surface area contributed by atoms with Gasteiger partial charge in [0.15, 0.2) is 5.82 Å². The highest BCUT2D eigenvalue weighted by Gasteiger charge is 2.37. The van der Waals surface area contributed by atoms with E-state index < -0.39 is 5.82 Å². The van der Waals surface area contributed by atoms with Crippen molar-refractivity contribution in [3.63, 3.8) is 0 Å². The van der Waals surface area contributed by atoms with Crippen molar-refractivity contribution in [2.24, 2.45) is 5.92 Å². The molecule has 3 aromatic rings. The SMILES string of the molecule is O=C(NC1CCN(c2ncc(F)cn2)CC1)[C@H]1C[C@H](Oc2cc(F)cc3scnc23)C1. The van der Waals surface area contributed by atoms with Crippen LogP contribution in [-0.2, 0) is 4.79 Å². The van der Waals surface area contributed by atoms with Crippen molar-refractivity contribution in [2.75, 3.05) is 18.0 Å². The number of hydrogen-bond donors (Lipinski definition) is 1. The van der Waals surface area contributed by atoms with Gasteiger partial charge >= 0.3 is 0 Å². The van der Waals surface area contributed by atoms with Crippen molar-refractivity contribution in [1.82, 2.24) is 20.3 Å². The standard InChI is InChI=1S/C21H21F2N5O2S/c22-13-7-17(19-18(8-13)31-11-26-19)30-16-5-12(6-16)20(29)27-15-1-3-28(4-2-15)21-24-9-14(23)10-25-21/h7-12,15-16H,1-6H2,(H,27,29)/t12-,16-. The highest BCUT2D eigenvalue weighted by molar-refractivity contribution is 7.16. The molecule has 0 atom stereocenters. The van der Waals surface area contributed by atoms with E-state index in [0.717, 1.165) is 29.9 Å². The lowest BCUT2D eigenvalue weighted by atomic mass is 9.81. The Morgan fingerprint density at radius 1 is 1.10 bits per heavy atom. The molecule has 5 rings (SSSR count). The lowest BCUT2D eigenvalue weighted by molar-refractivity contribution is -0.131. The predicted molar refractivity (Wildman–Crippen MR) is 112 cm³/mol. The number of fused-ring (bicyclic) bond motifs is 1. The van der Waals surface area contributed by atoms with Crippen molar-refractivity contribution >= 4 is 33.4 Å². The topological polar surface area (TPSA) is 80.2 Å². The molecule has 0 bridgehead atoms. The van der Waals surface area contributed by atoms with Gasteiger partial charge in [0, 0.05) is 31.1 Å². The van der Waals surface area contributed by atoms with Crippen LogP contribution in [0.4, 0.5) is 14.7 Å². The van der Waals surface area contributed by atoms with E-state index in [1.54, 1.807) is 5.51 Å². The van der Waals surface area contributed by atoms with E-state index in [0.29, 0.717) is 43.1 Å². The number of anilines is 1. The Bertz CT molecular complexity index is 1080. The Kier molecular flexibility index (Phi) is 5.39. The van der Waals surface area contributed by atoms with Crippen molar-refractivity contribution in [1.29, 1.82) is 0 Å². The number of ether oxygens (including phenoxy) is 1. The number of benzene rings is 1. The van der Waals surface area contributed by atoms with Gasteiger partial charge in [0.25, 0.3) is 0 Å². The summed E-state index contributed by atoms with van der Waals surface area (Å²) in [6, 6.07) is 2.90. The molecule has 2 aromatic heterocycles. The number of halogens is 2. The van der Waals surface area contributed by atoms with Gasteiger partial charge in [0.05, 0.1) is 22.6 Å². The molecule has 3 heterocycles. The fourth-order valence-electron chi connectivity index (χ4n) is 4.06. The van der Waals surface area contributed by atoms with Crippen LogP contribution in [0, 0.1) is 17.6 Å². The van der Waals surface area contributed by atoms with E-state index in [2.05, 4.69) is 20.3 Å². The number of rotatable bonds is 5. The van der Waals surface area contributed by atoms with Gasteiger partial charge in [-0.3, -0.25) is 4.79 Å². The number of hydrogen-bond acceptors (Lipinski definition) is 7. The van der Waals surface area contributed by atoms with E-state index in [1.807, 2.05) is 4.90 Å². The number of nitrogens with zero attached hydrogens (tertiary/aromatic N) is 4. The van der Waals surface area contributed by atoms with Crippen LogP contribution in [0.15, 0.2) is 30.0 Å². The Morgan fingerprint density at radius 3 is 2.58 bits per heavy atom. The maximum atomic E-state index is 13.8. The van der Waals surface area contributed by atoms with Crippen LogP contribution in [0.3, 0.4) is 0 Å². The van der Waals surface area contributed by atoms with Gasteiger partial charge in [0.1, 0.15) is 23.2 Å². The Labute approximate surface area is 181 Å². The average Bonchev–Trinajstić information content (AvgIpc) is 3.20. The minimum absolute atomic E-state index is 0.0365. The van der Waals surface area contributed by atoms with Crippen LogP contribution in [-0.4, -0.2) is 46.1 Å². The second kappa shape index (κ2) is 8.33. The fourth-order valence-corrected chi connectivity index (χ4v) is 4.78. The molecule has 0 radical (unpaired) electrons. The van der Waals surface area contributed by atoms with Gasteiger partial charge in [0.2, 0.25) is 11.9 Å². The summed E-state index contributed by atoms with van der Waals surface area (Å²) >= 11 is 1.37. The normalized spacial score (nSPS) is 21.7. The molecular weight excluding hydrogens is 424 g/mol. The summed E-state index contributed by atoms with van der Waals surface area (Å²) in [5, 5.41) is 3.13. The quantitative estimate of drug-likeness (QED) is 0.649. The van der Waals surface area contributed by atoms with E-state index in [9.17, 15) is 13.6 Å². The first kappa shape index (κ1) is 20.0. The van der Waals surface area contributed by atoms with Crippen LogP contribution < -0.4 is 15.0 Å². The highest BCUT2D eigenvalue weighted by atomic mass is 32.1. The summed E-state index contributed by atoms with van der Waals surface area (Å²) in [6.45, 7) is 1.41. The second-order valence-corrected chi connectivity index (χ2v) is 8.87. The van der Waals surface area contributed by atoms with Crippen LogP contribution in [0.5, 0.6) is 5.75 Å². The van der Waals surface area contributed by atoms with Crippen LogP contribution in [0.2, 0.25) is 0 Å². The second-order valence-electron chi connectivity index (χ2n) is 7.98. The molecule has 1 saturated carbocycles.